The number of amides is 1. The summed E-state index contributed by atoms with van der Waals surface area (Å²) in [5.74, 6) is 1.60. The summed E-state index contributed by atoms with van der Waals surface area (Å²) in [6.45, 7) is 9.53. The second-order valence-corrected chi connectivity index (χ2v) is 15.3. The Labute approximate surface area is 281 Å². The van der Waals surface area contributed by atoms with E-state index in [9.17, 15) is 4.79 Å². The van der Waals surface area contributed by atoms with Gasteiger partial charge in [0.05, 0.1) is 35.7 Å². The molecule has 1 spiro atoms. The largest absolute Gasteiger partial charge is 0.461 e. The van der Waals surface area contributed by atoms with Crippen molar-refractivity contribution in [1.29, 1.82) is 0 Å². The molecule has 0 radical (unpaired) electrons. The topological polar surface area (TPSA) is 88.9 Å². The predicted octanol–water partition coefficient (Wildman–Crippen LogP) is 5.14. The summed E-state index contributed by atoms with van der Waals surface area (Å²) in [4.78, 5) is 30.4. The van der Waals surface area contributed by atoms with Crippen molar-refractivity contribution in [3.05, 3.63) is 63.1 Å². The Morgan fingerprint density at radius 3 is 2.85 bits per heavy atom. The van der Waals surface area contributed by atoms with Gasteiger partial charge in [-0.05, 0) is 87.1 Å². The van der Waals surface area contributed by atoms with E-state index < -0.39 is 5.60 Å². The second-order valence-electron chi connectivity index (χ2n) is 14.9. The first kappa shape index (κ1) is 29.9. The second kappa shape index (κ2) is 11.4. The van der Waals surface area contributed by atoms with Gasteiger partial charge in [-0.25, -0.2) is 0 Å². The summed E-state index contributed by atoms with van der Waals surface area (Å²) in [5, 5.41) is 5.59. The van der Waals surface area contributed by atoms with Crippen LogP contribution in [0.5, 0.6) is 6.01 Å². The van der Waals surface area contributed by atoms with Gasteiger partial charge < -0.3 is 19.3 Å². The van der Waals surface area contributed by atoms with Gasteiger partial charge in [-0.2, -0.15) is 15.1 Å². The molecular formula is C36H44ClN7O3. The molecular weight excluding hydrogens is 614 g/mol. The van der Waals surface area contributed by atoms with Crippen LogP contribution in [-0.2, 0) is 42.9 Å². The Morgan fingerprint density at radius 2 is 1.96 bits per heavy atom. The van der Waals surface area contributed by atoms with Crippen LogP contribution in [0.25, 0.3) is 0 Å². The fraction of sp³-hybridized carbons (Fsp3) is 0.611. The monoisotopic (exact) mass is 657 g/mol. The van der Waals surface area contributed by atoms with Crippen molar-refractivity contribution in [2.75, 3.05) is 44.2 Å². The number of halogens is 1. The highest BCUT2D eigenvalue weighted by atomic mass is 35.5. The number of hydrogen-bond donors (Lipinski definition) is 0. The molecule has 1 aromatic carbocycles. The number of likely N-dealkylation sites (tertiary alicyclic amines) is 1. The van der Waals surface area contributed by atoms with Crippen LogP contribution in [0.1, 0.15) is 90.4 Å². The van der Waals surface area contributed by atoms with E-state index in [0.717, 1.165) is 112 Å². The van der Waals surface area contributed by atoms with Gasteiger partial charge >= 0.3 is 6.01 Å². The third-order valence-electron chi connectivity index (χ3n) is 11.8. The van der Waals surface area contributed by atoms with E-state index in [-0.39, 0.29) is 11.4 Å². The molecule has 5 aliphatic heterocycles. The van der Waals surface area contributed by atoms with Crippen molar-refractivity contribution in [3.8, 4) is 6.01 Å². The van der Waals surface area contributed by atoms with E-state index in [1.54, 1.807) is 0 Å². The minimum atomic E-state index is -0.444. The highest BCUT2D eigenvalue weighted by Crippen LogP contribution is 2.49. The van der Waals surface area contributed by atoms with Crippen molar-refractivity contribution in [2.45, 2.75) is 95.5 Å². The molecule has 47 heavy (non-hydrogen) atoms. The Morgan fingerprint density at radius 1 is 1.06 bits per heavy atom. The van der Waals surface area contributed by atoms with Crippen LogP contribution in [0.15, 0.2) is 24.3 Å². The zero-order chi connectivity index (χ0) is 31.8. The smallest absolute Gasteiger partial charge is 0.318 e. The quantitative estimate of drug-likeness (QED) is 0.373. The maximum absolute atomic E-state index is 13.2. The van der Waals surface area contributed by atoms with Gasteiger partial charge in [-0.15, -0.1) is 0 Å². The molecule has 0 bridgehead atoms. The fourth-order valence-corrected chi connectivity index (χ4v) is 9.80. The van der Waals surface area contributed by atoms with E-state index in [1.807, 2.05) is 27.8 Å². The number of carbonyl (C=O) groups is 1. The number of fused-ring (bicyclic) bond motifs is 5. The summed E-state index contributed by atoms with van der Waals surface area (Å²) in [5.41, 5.74) is 5.65. The van der Waals surface area contributed by atoms with Crippen molar-refractivity contribution < 1.29 is 14.3 Å². The molecule has 7 heterocycles. The molecule has 3 atom stereocenters. The normalized spacial score (nSPS) is 28.3. The number of hydrogen-bond acceptors (Lipinski definition) is 8. The zero-order valence-electron chi connectivity index (χ0n) is 27.3. The number of rotatable bonds is 5. The first-order chi connectivity index (χ1) is 22.9. The number of anilines is 1. The van der Waals surface area contributed by atoms with Gasteiger partial charge in [-0.3, -0.25) is 14.4 Å². The van der Waals surface area contributed by atoms with Gasteiger partial charge in [0.1, 0.15) is 12.4 Å². The van der Waals surface area contributed by atoms with E-state index in [2.05, 4.69) is 22.8 Å². The van der Waals surface area contributed by atoms with Crippen molar-refractivity contribution >= 4 is 23.3 Å². The van der Waals surface area contributed by atoms with Crippen LogP contribution in [0, 0.1) is 5.92 Å². The number of benzene rings is 1. The van der Waals surface area contributed by atoms with Gasteiger partial charge in [0.15, 0.2) is 5.69 Å². The maximum Gasteiger partial charge on any atom is 0.318 e. The predicted molar refractivity (Wildman–Crippen MR) is 178 cm³/mol. The SMILES string of the molecule is C[C@H]1CN2CCC[C@@]2(COc2nc3c(c(N4CCCn5nc(C(=O)N6CCCC6)cc5C4)n2)CO[C@@]2(CCc4c(Cl)cccc42)C3)C1. The van der Waals surface area contributed by atoms with Crippen molar-refractivity contribution in [1.82, 2.24) is 29.5 Å². The summed E-state index contributed by atoms with van der Waals surface area (Å²) in [6.07, 6.45) is 9.02. The highest BCUT2D eigenvalue weighted by molar-refractivity contribution is 6.31. The van der Waals surface area contributed by atoms with Crippen LogP contribution < -0.4 is 9.64 Å². The molecule has 3 fully saturated rings. The molecule has 11 heteroatoms. The molecule has 10 nitrogen and oxygen atoms in total. The lowest BCUT2D eigenvalue weighted by Gasteiger charge is -2.37. The molecule has 0 unspecified atom stereocenters. The average molecular weight is 658 g/mol. The van der Waals surface area contributed by atoms with E-state index in [4.69, 9.17) is 36.1 Å². The fourth-order valence-electron chi connectivity index (χ4n) is 9.53. The molecule has 3 saturated heterocycles. The number of carbonyl (C=O) groups excluding carboxylic acids is 1. The lowest BCUT2D eigenvalue weighted by Crippen LogP contribution is -2.43. The molecule has 1 amide bonds. The number of ether oxygens (including phenoxy) is 2. The third kappa shape index (κ3) is 5.05. The summed E-state index contributed by atoms with van der Waals surface area (Å²) in [6, 6.07) is 8.63. The van der Waals surface area contributed by atoms with Crippen LogP contribution in [0.4, 0.5) is 5.82 Å². The van der Waals surface area contributed by atoms with Crippen LogP contribution in [0.3, 0.4) is 0 Å². The Hall–Kier alpha value is -3.21. The third-order valence-corrected chi connectivity index (χ3v) is 12.1. The van der Waals surface area contributed by atoms with Gasteiger partial charge in [0.25, 0.3) is 5.91 Å². The average Bonchev–Trinajstić information content (AvgIpc) is 3.89. The minimum absolute atomic E-state index is 0.0435. The summed E-state index contributed by atoms with van der Waals surface area (Å²) in [7, 11) is 0. The van der Waals surface area contributed by atoms with Crippen molar-refractivity contribution in [2.24, 2.45) is 5.92 Å². The van der Waals surface area contributed by atoms with Gasteiger partial charge in [-0.1, -0.05) is 30.7 Å². The molecule has 0 saturated carbocycles. The minimum Gasteiger partial charge on any atom is -0.461 e. The Balaban J connectivity index is 1.06. The van der Waals surface area contributed by atoms with Crippen LogP contribution in [0.2, 0.25) is 5.02 Å². The molecule has 6 aliphatic rings. The molecule has 1 aliphatic carbocycles. The highest BCUT2D eigenvalue weighted by Gasteiger charge is 2.48. The number of nitrogens with zero attached hydrogens (tertiary/aromatic N) is 7. The van der Waals surface area contributed by atoms with Crippen molar-refractivity contribution in [3.63, 3.8) is 0 Å². The summed E-state index contributed by atoms with van der Waals surface area (Å²) >= 11 is 6.65. The van der Waals surface area contributed by atoms with Crippen LogP contribution in [-0.4, -0.2) is 80.3 Å². The summed E-state index contributed by atoms with van der Waals surface area (Å²) < 4.78 is 15.5. The van der Waals surface area contributed by atoms with E-state index in [1.165, 1.54) is 17.5 Å². The Kier molecular flexibility index (Phi) is 7.28. The first-order valence-electron chi connectivity index (χ1n) is 17.7. The van der Waals surface area contributed by atoms with Gasteiger partial charge in [0, 0.05) is 49.7 Å². The number of aromatic nitrogens is 4. The van der Waals surface area contributed by atoms with E-state index in [0.29, 0.717) is 43.8 Å². The standard InChI is InChI=1S/C36H44ClN7O3/c1-24-18-35(10-5-15-43(35)20-24)23-46-34-38-31-19-36(11-9-26-28(36)7-4-8-29(26)37)47-22-27(31)32(39-34)42-14-6-16-44-25(21-42)17-30(40-44)33(45)41-12-2-3-13-41/h4,7-8,17,24H,2-3,5-6,9-16,18-23H2,1H3/t24-,35+,36+/m1/s1. The first-order valence-corrected chi connectivity index (χ1v) is 18.1. The zero-order valence-corrected chi connectivity index (χ0v) is 28.1. The lowest BCUT2D eigenvalue weighted by atomic mass is 9.87. The molecule has 248 valence electrons. The lowest BCUT2D eigenvalue weighted by molar-refractivity contribution is -0.0730. The number of aryl methyl sites for hydroxylation is 1. The molecule has 3 aromatic rings. The molecule has 9 rings (SSSR count). The molecule has 0 N–H and O–H groups in total. The van der Waals surface area contributed by atoms with Gasteiger partial charge in [0.2, 0.25) is 0 Å². The maximum atomic E-state index is 13.2. The van der Waals surface area contributed by atoms with Crippen LogP contribution >= 0.6 is 11.6 Å². The molecule has 2 aromatic heterocycles. The van der Waals surface area contributed by atoms with E-state index >= 15 is 0 Å². The Bertz CT molecular complexity index is 1720.